The summed E-state index contributed by atoms with van der Waals surface area (Å²) in [5, 5.41) is 4.60. The Labute approximate surface area is 392 Å². The second kappa shape index (κ2) is 16.3. The van der Waals surface area contributed by atoms with Crippen LogP contribution in [0.4, 0.5) is 0 Å². The quantitative estimate of drug-likeness (QED) is 0.152. The van der Waals surface area contributed by atoms with Gasteiger partial charge in [-0.2, -0.15) is 9.97 Å². The Bertz CT molecular complexity index is 3940. The van der Waals surface area contributed by atoms with Gasteiger partial charge in [0.1, 0.15) is 0 Å². The van der Waals surface area contributed by atoms with Gasteiger partial charge < -0.3 is 4.57 Å². The van der Waals surface area contributed by atoms with E-state index >= 15 is 0 Å². The number of hydrogen-bond acceptors (Lipinski definition) is 5. The van der Waals surface area contributed by atoms with Gasteiger partial charge in [0, 0.05) is 55.0 Å². The number of benzene rings is 9. The average molecular weight is 870 g/mol. The summed E-state index contributed by atoms with van der Waals surface area (Å²) in [6.45, 7) is 0. The summed E-state index contributed by atoms with van der Waals surface area (Å²) in [5.74, 6) is 2.49. The molecule has 7 heteroatoms. The lowest BCUT2D eigenvalue weighted by molar-refractivity contribution is 0.953. The molecular formula is C61H39N7. The minimum Gasteiger partial charge on any atom is -0.309 e. The Morgan fingerprint density at radius 1 is 0.250 bits per heavy atom. The first-order valence-electron chi connectivity index (χ1n) is 22.8. The Morgan fingerprint density at radius 3 is 1.24 bits per heavy atom. The molecule has 0 bridgehead atoms. The van der Waals surface area contributed by atoms with Crippen LogP contribution < -0.4 is 0 Å². The summed E-state index contributed by atoms with van der Waals surface area (Å²) in [6.07, 6.45) is 0. The van der Waals surface area contributed by atoms with Crippen molar-refractivity contribution in [3.63, 3.8) is 0 Å². The minimum absolute atomic E-state index is 0.565. The van der Waals surface area contributed by atoms with Crippen molar-refractivity contribution >= 4 is 43.6 Å². The van der Waals surface area contributed by atoms with Crippen LogP contribution in [0.3, 0.4) is 0 Å². The van der Waals surface area contributed by atoms with Crippen LogP contribution in [0.25, 0.3) is 123 Å². The fourth-order valence-electron chi connectivity index (χ4n) is 9.64. The maximum absolute atomic E-state index is 5.19. The molecule has 0 unspecified atom stereocenters. The fraction of sp³-hybridized carbons (Fsp3) is 0. The highest BCUT2D eigenvalue weighted by Gasteiger charge is 2.23. The third-order valence-corrected chi connectivity index (χ3v) is 12.8. The molecule has 0 aliphatic rings. The molecule has 4 aromatic heterocycles. The number of fused-ring (bicyclic) bond motifs is 7. The molecule has 13 rings (SSSR count). The van der Waals surface area contributed by atoms with Crippen LogP contribution in [0, 0.1) is 0 Å². The molecule has 0 aliphatic heterocycles. The summed E-state index contributed by atoms with van der Waals surface area (Å²) in [7, 11) is 0. The van der Waals surface area contributed by atoms with Gasteiger partial charge in [0.15, 0.2) is 17.5 Å². The van der Waals surface area contributed by atoms with E-state index in [1.54, 1.807) is 0 Å². The first kappa shape index (κ1) is 39.1. The zero-order chi connectivity index (χ0) is 45.0. The first-order valence-corrected chi connectivity index (χ1v) is 22.8. The van der Waals surface area contributed by atoms with Gasteiger partial charge in [-0.3, -0.25) is 4.57 Å². The van der Waals surface area contributed by atoms with Crippen LogP contribution in [0.2, 0.25) is 0 Å². The lowest BCUT2D eigenvalue weighted by Gasteiger charge is -2.12. The number of nitrogens with zero attached hydrogens (tertiary/aromatic N) is 7. The van der Waals surface area contributed by atoms with Gasteiger partial charge in [-0.1, -0.05) is 188 Å². The van der Waals surface area contributed by atoms with Gasteiger partial charge in [0.25, 0.3) is 0 Å². The van der Waals surface area contributed by atoms with E-state index in [-0.39, 0.29) is 0 Å². The van der Waals surface area contributed by atoms with Crippen molar-refractivity contribution in [2.75, 3.05) is 0 Å². The van der Waals surface area contributed by atoms with E-state index in [4.69, 9.17) is 24.9 Å². The highest BCUT2D eigenvalue weighted by molar-refractivity contribution is 6.28. The average Bonchev–Trinajstić information content (AvgIpc) is 3.95. The van der Waals surface area contributed by atoms with Crippen LogP contribution in [0.5, 0.6) is 0 Å². The van der Waals surface area contributed by atoms with Gasteiger partial charge >= 0.3 is 0 Å². The van der Waals surface area contributed by atoms with Gasteiger partial charge in [-0.25, -0.2) is 15.0 Å². The van der Waals surface area contributed by atoms with Crippen LogP contribution >= 0.6 is 0 Å². The molecule has 0 radical (unpaired) electrons. The van der Waals surface area contributed by atoms with Crippen LogP contribution in [0.1, 0.15) is 0 Å². The molecule has 9 aromatic carbocycles. The lowest BCUT2D eigenvalue weighted by Crippen LogP contribution is -2.06. The van der Waals surface area contributed by atoms with Crippen molar-refractivity contribution in [1.82, 2.24) is 34.1 Å². The summed E-state index contributed by atoms with van der Waals surface area (Å²) < 4.78 is 4.57. The Hall–Kier alpha value is -9.33. The van der Waals surface area contributed by atoms with Crippen LogP contribution in [-0.4, -0.2) is 34.1 Å². The summed E-state index contributed by atoms with van der Waals surface area (Å²) in [6, 6.07) is 82.1. The van der Waals surface area contributed by atoms with Crippen molar-refractivity contribution in [2.45, 2.75) is 0 Å². The zero-order valence-electron chi connectivity index (χ0n) is 36.6. The summed E-state index contributed by atoms with van der Waals surface area (Å²) >= 11 is 0. The van der Waals surface area contributed by atoms with Crippen molar-refractivity contribution in [3.05, 3.63) is 237 Å². The van der Waals surface area contributed by atoms with Crippen molar-refractivity contribution < 1.29 is 0 Å². The molecule has 0 atom stereocenters. The molecule has 0 saturated heterocycles. The molecule has 68 heavy (non-hydrogen) atoms. The molecule has 0 amide bonds. The molecule has 13 aromatic rings. The summed E-state index contributed by atoms with van der Waals surface area (Å²) in [4.78, 5) is 25.7. The summed E-state index contributed by atoms with van der Waals surface area (Å²) in [5.41, 5.74) is 14.2. The van der Waals surface area contributed by atoms with E-state index in [0.29, 0.717) is 23.4 Å². The van der Waals surface area contributed by atoms with E-state index in [1.807, 2.05) is 84.9 Å². The van der Waals surface area contributed by atoms with E-state index in [2.05, 4.69) is 161 Å². The first-order chi connectivity index (χ1) is 33.7. The molecule has 318 valence electrons. The standard InChI is InChI=1S/C61H39N7/c1-5-18-40(19-6-1)45-26-17-27-46(38-45)51-39-50(62-58(63-51)42-20-7-2-8-21-42)41-32-34-47(35-33-41)67-52-30-15-13-28-48(52)56-54(67)36-37-55-57(56)49-29-14-16-31-53(49)68(55)61-65-59(43-22-9-3-10-23-43)64-60(66-61)44-24-11-4-12-25-44/h1-39H. The second-order valence-electron chi connectivity index (χ2n) is 16.9. The highest BCUT2D eigenvalue weighted by Crippen LogP contribution is 2.42. The van der Waals surface area contributed by atoms with E-state index in [0.717, 1.165) is 94.2 Å². The number of aromatic nitrogens is 7. The number of hydrogen-bond donors (Lipinski definition) is 0. The van der Waals surface area contributed by atoms with Gasteiger partial charge in [0.2, 0.25) is 5.95 Å². The third kappa shape index (κ3) is 6.72. The molecular weight excluding hydrogens is 831 g/mol. The SMILES string of the molecule is c1ccc(-c2cccc(-c3cc(-c4ccc(-n5c6ccccc6c6c7c8ccccc8n(-c8nc(-c9ccccc9)nc(-c9ccccc9)n8)c7ccc65)cc4)nc(-c4ccccc4)n3)c2)cc1. The molecule has 0 fully saturated rings. The van der Waals surface area contributed by atoms with E-state index in [9.17, 15) is 0 Å². The smallest absolute Gasteiger partial charge is 0.238 e. The second-order valence-corrected chi connectivity index (χ2v) is 16.9. The van der Waals surface area contributed by atoms with Crippen molar-refractivity contribution in [2.24, 2.45) is 0 Å². The largest absolute Gasteiger partial charge is 0.309 e. The van der Waals surface area contributed by atoms with Gasteiger partial charge in [-0.15, -0.1) is 0 Å². The molecule has 0 saturated carbocycles. The van der Waals surface area contributed by atoms with Crippen LogP contribution in [-0.2, 0) is 0 Å². The van der Waals surface area contributed by atoms with Gasteiger partial charge in [0.05, 0.1) is 33.5 Å². The Kier molecular flexibility index (Phi) is 9.35. The Morgan fingerprint density at radius 2 is 0.676 bits per heavy atom. The number of para-hydroxylation sites is 2. The molecule has 4 heterocycles. The Balaban J connectivity index is 0.967. The predicted molar refractivity (Wildman–Crippen MR) is 277 cm³/mol. The lowest BCUT2D eigenvalue weighted by atomic mass is 10.0. The number of rotatable bonds is 8. The van der Waals surface area contributed by atoms with Crippen molar-refractivity contribution in [3.8, 4) is 79.4 Å². The van der Waals surface area contributed by atoms with E-state index in [1.165, 1.54) is 5.39 Å². The normalized spacial score (nSPS) is 11.5. The minimum atomic E-state index is 0.565. The zero-order valence-corrected chi connectivity index (χ0v) is 36.6. The maximum Gasteiger partial charge on any atom is 0.238 e. The monoisotopic (exact) mass is 869 g/mol. The van der Waals surface area contributed by atoms with Gasteiger partial charge in [-0.05, 0) is 59.7 Å². The molecule has 0 aliphatic carbocycles. The molecule has 0 spiro atoms. The third-order valence-electron chi connectivity index (χ3n) is 12.8. The predicted octanol–water partition coefficient (Wildman–Crippen LogP) is 14.9. The topological polar surface area (TPSA) is 74.3 Å². The fourth-order valence-corrected chi connectivity index (χ4v) is 9.64. The highest BCUT2D eigenvalue weighted by atomic mass is 15.2. The van der Waals surface area contributed by atoms with E-state index < -0.39 is 0 Å². The van der Waals surface area contributed by atoms with Crippen molar-refractivity contribution in [1.29, 1.82) is 0 Å². The molecule has 7 nitrogen and oxygen atoms in total. The van der Waals surface area contributed by atoms with Crippen LogP contribution in [0.15, 0.2) is 237 Å². The molecule has 0 N–H and O–H groups in total. The maximum atomic E-state index is 5.19.